The van der Waals surface area contributed by atoms with Gasteiger partial charge < -0.3 is 14.8 Å². The molecule has 0 bridgehead atoms. The lowest BCUT2D eigenvalue weighted by Gasteiger charge is -2.29. The number of esters is 2. The van der Waals surface area contributed by atoms with Gasteiger partial charge in [0.2, 0.25) is 5.91 Å². The molecule has 9 nitrogen and oxygen atoms in total. The fraction of sp³-hybridized carbons (Fsp3) is 0.421. The number of methoxy groups -OCH3 is 2. The van der Waals surface area contributed by atoms with Crippen LogP contribution < -0.4 is 5.32 Å². The van der Waals surface area contributed by atoms with Gasteiger partial charge in [0.1, 0.15) is 12.1 Å². The molecule has 0 aliphatic carbocycles. The molecule has 0 saturated carbocycles. The number of hydrogen-bond acceptors (Lipinski definition) is 7. The third-order valence-corrected chi connectivity index (χ3v) is 4.40. The first-order chi connectivity index (χ1) is 13.2. The first-order valence-electron chi connectivity index (χ1n) is 8.64. The highest BCUT2D eigenvalue weighted by Gasteiger charge is 2.44. The fourth-order valence-electron chi connectivity index (χ4n) is 3.02. The number of carbonyl (C=O) groups excluding carboxylic acids is 5. The number of ether oxygens (including phenoxy) is 2. The number of imide groups is 1. The van der Waals surface area contributed by atoms with E-state index >= 15 is 0 Å². The Labute approximate surface area is 162 Å². The molecular formula is C19H22N2O7. The Kier molecular flexibility index (Phi) is 6.50. The molecule has 1 N–H and O–H groups in total. The van der Waals surface area contributed by atoms with Crippen molar-refractivity contribution in [3.63, 3.8) is 0 Å². The topological polar surface area (TPSA) is 119 Å². The van der Waals surface area contributed by atoms with Gasteiger partial charge in [0.15, 0.2) is 0 Å². The monoisotopic (exact) mass is 390 g/mol. The molecule has 0 aromatic heterocycles. The summed E-state index contributed by atoms with van der Waals surface area (Å²) in [4.78, 5) is 62.7. The summed E-state index contributed by atoms with van der Waals surface area (Å²) in [6.07, 6.45) is -0.443. The van der Waals surface area contributed by atoms with E-state index in [0.29, 0.717) is 0 Å². The maximum absolute atomic E-state index is 12.9. The fourth-order valence-corrected chi connectivity index (χ4v) is 3.02. The standard InChI is InChI=1S/C19H22N2O7/c1-10(2)15(16(23)20-13(19(26)28-4)9-14(22)27-3)21-17(24)11-7-5-6-8-12(11)18(21)25/h5-8,10,13,15H,9H2,1-4H3,(H,20,23). The largest absolute Gasteiger partial charge is 0.469 e. The van der Waals surface area contributed by atoms with Gasteiger partial charge in [0.25, 0.3) is 11.8 Å². The molecule has 1 aromatic rings. The zero-order valence-corrected chi connectivity index (χ0v) is 16.1. The second-order valence-corrected chi connectivity index (χ2v) is 6.58. The van der Waals surface area contributed by atoms with Gasteiger partial charge in [-0.25, -0.2) is 4.79 Å². The first-order valence-corrected chi connectivity index (χ1v) is 8.64. The Balaban J connectivity index is 2.29. The number of fused-ring (bicyclic) bond motifs is 1. The average molecular weight is 390 g/mol. The zero-order valence-electron chi connectivity index (χ0n) is 16.1. The van der Waals surface area contributed by atoms with Crippen LogP contribution in [0.1, 0.15) is 41.0 Å². The third kappa shape index (κ3) is 4.03. The smallest absolute Gasteiger partial charge is 0.328 e. The van der Waals surface area contributed by atoms with Gasteiger partial charge in [-0.3, -0.25) is 24.1 Å². The van der Waals surface area contributed by atoms with Crippen molar-refractivity contribution in [1.29, 1.82) is 0 Å². The van der Waals surface area contributed by atoms with E-state index in [9.17, 15) is 24.0 Å². The summed E-state index contributed by atoms with van der Waals surface area (Å²) in [5.74, 6) is -3.93. The molecule has 0 spiro atoms. The predicted octanol–water partition coefficient (Wildman–Crippen LogP) is 0.528. The SMILES string of the molecule is COC(=O)CC(NC(=O)C(C(C)C)N1C(=O)c2ccccc2C1=O)C(=O)OC. The number of carbonyl (C=O) groups is 5. The van der Waals surface area contributed by atoms with E-state index < -0.39 is 54.1 Å². The van der Waals surface area contributed by atoms with Gasteiger partial charge >= 0.3 is 11.9 Å². The maximum atomic E-state index is 12.9. The predicted molar refractivity (Wildman–Crippen MR) is 96.1 cm³/mol. The van der Waals surface area contributed by atoms with Crippen LogP contribution in [0, 0.1) is 5.92 Å². The molecular weight excluding hydrogens is 368 g/mol. The number of nitrogens with one attached hydrogen (secondary N) is 1. The highest BCUT2D eigenvalue weighted by Crippen LogP contribution is 2.27. The second kappa shape index (κ2) is 8.64. The summed E-state index contributed by atoms with van der Waals surface area (Å²) in [5.41, 5.74) is 0.426. The molecule has 1 aliphatic heterocycles. The van der Waals surface area contributed by atoms with E-state index in [0.717, 1.165) is 19.1 Å². The van der Waals surface area contributed by atoms with E-state index in [1.165, 1.54) is 12.1 Å². The van der Waals surface area contributed by atoms with Crippen molar-refractivity contribution in [3.05, 3.63) is 35.4 Å². The van der Waals surface area contributed by atoms with Crippen LogP contribution in [0.2, 0.25) is 0 Å². The van der Waals surface area contributed by atoms with Crippen molar-refractivity contribution in [2.24, 2.45) is 5.92 Å². The van der Waals surface area contributed by atoms with Crippen LogP contribution in [0.5, 0.6) is 0 Å². The van der Waals surface area contributed by atoms with Crippen molar-refractivity contribution in [3.8, 4) is 0 Å². The third-order valence-electron chi connectivity index (χ3n) is 4.40. The summed E-state index contributed by atoms with van der Waals surface area (Å²) in [6, 6.07) is 3.81. The minimum atomic E-state index is -1.30. The van der Waals surface area contributed by atoms with Crippen molar-refractivity contribution in [2.45, 2.75) is 32.4 Å². The lowest BCUT2D eigenvalue weighted by Crippen LogP contribution is -2.55. The van der Waals surface area contributed by atoms with E-state index in [-0.39, 0.29) is 11.1 Å². The van der Waals surface area contributed by atoms with Crippen LogP contribution in [0.4, 0.5) is 0 Å². The number of rotatable bonds is 7. The molecule has 28 heavy (non-hydrogen) atoms. The van der Waals surface area contributed by atoms with Gasteiger partial charge in [0.05, 0.1) is 31.8 Å². The highest BCUT2D eigenvalue weighted by atomic mass is 16.5. The molecule has 2 atom stereocenters. The lowest BCUT2D eigenvalue weighted by molar-refractivity contribution is -0.151. The maximum Gasteiger partial charge on any atom is 0.328 e. The van der Waals surface area contributed by atoms with Crippen LogP contribution >= 0.6 is 0 Å². The van der Waals surface area contributed by atoms with Gasteiger partial charge in [-0.1, -0.05) is 26.0 Å². The summed E-state index contributed by atoms with van der Waals surface area (Å²) < 4.78 is 9.13. The Bertz CT molecular complexity index is 783. The normalized spacial score (nSPS) is 15.1. The van der Waals surface area contributed by atoms with Crippen molar-refractivity contribution < 1.29 is 33.4 Å². The Morgan fingerprint density at radius 1 is 1.00 bits per heavy atom. The summed E-state index contributed by atoms with van der Waals surface area (Å²) in [6.45, 7) is 3.34. The molecule has 1 heterocycles. The molecule has 9 heteroatoms. The molecule has 1 aliphatic rings. The van der Waals surface area contributed by atoms with Crippen molar-refractivity contribution in [2.75, 3.05) is 14.2 Å². The Morgan fingerprint density at radius 2 is 1.54 bits per heavy atom. The minimum Gasteiger partial charge on any atom is -0.469 e. The zero-order chi connectivity index (χ0) is 21.0. The van der Waals surface area contributed by atoms with Crippen LogP contribution in [-0.4, -0.2) is 60.9 Å². The molecule has 3 amide bonds. The van der Waals surface area contributed by atoms with E-state index in [1.807, 2.05) is 0 Å². The van der Waals surface area contributed by atoms with E-state index in [4.69, 9.17) is 0 Å². The summed E-state index contributed by atoms with van der Waals surface area (Å²) in [7, 11) is 2.26. The van der Waals surface area contributed by atoms with Gasteiger partial charge in [0, 0.05) is 0 Å². The highest BCUT2D eigenvalue weighted by molar-refractivity contribution is 6.22. The van der Waals surface area contributed by atoms with E-state index in [1.54, 1.807) is 26.0 Å². The molecule has 1 aromatic carbocycles. The second-order valence-electron chi connectivity index (χ2n) is 6.58. The van der Waals surface area contributed by atoms with Gasteiger partial charge in [-0.2, -0.15) is 0 Å². The van der Waals surface area contributed by atoms with Crippen LogP contribution in [0.3, 0.4) is 0 Å². The van der Waals surface area contributed by atoms with Crippen LogP contribution in [0.25, 0.3) is 0 Å². The summed E-state index contributed by atoms with van der Waals surface area (Å²) >= 11 is 0. The lowest BCUT2D eigenvalue weighted by atomic mass is 10.0. The van der Waals surface area contributed by atoms with E-state index in [2.05, 4.69) is 14.8 Å². The van der Waals surface area contributed by atoms with Crippen LogP contribution in [-0.2, 0) is 23.9 Å². The minimum absolute atomic E-state index is 0.213. The van der Waals surface area contributed by atoms with Crippen LogP contribution in [0.15, 0.2) is 24.3 Å². The Morgan fingerprint density at radius 3 is 1.96 bits per heavy atom. The van der Waals surface area contributed by atoms with Gasteiger partial charge in [-0.15, -0.1) is 0 Å². The van der Waals surface area contributed by atoms with Gasteiger partial charge in [-0.05, 0) is 18.1 Å². The molecule has 0 saturated heterocycles. The van der Waals surface area contributed by atoms with Crippen molar-refractivity contribution >= 4 is 29.7 Å². The number of benzene rings is 1. The molecule has 2 unspecified atom stereocenters. The number of amides is 3. The summed E-state index contributed by atoms with van der Waals surface area (Å²) in [5, 5.41) is 2.40. The quantitative estimate of drug-likeness (QED) is 0.533. The molecule has 0 fully saturated rings. The van der Waals surface area contributed by atoms with Crippen molar-refractivity contribution in [1.82, 2.24) is 10.2 Å². The number of nitrogens with zero attached hydrogens (tertiary/aromatic N) is 1. The molecule has 0 radical (unpaired) electrons. The number of hydrogen-bond donors (Lipinski definition) is 1. The Hall–Kier alpha value is -3.23. The first kappa shape index (κ1) is 21.1. The molecule has 2 rings (SSSR count). The molecule has 150 valence electrons. The average Bonchev–Trinajstić information content (AvgIpc) is 2.92.